The van der Waals surface area contributed by atoms with Crippen molar-refractivity contribution < 1.29 is 9.90 Å². The molecule has 0 spiro atoms. The number of pyridine rings is 2. The quantitative estimate of drug-likeness (QED) is 0.523. The summed E-state index contributed by atoms with van der Waals surface area (Å²) in [4.78, 5) is 23.6. The van der Waals surface area contributed by atoms with Gasteiger partial charge in [-0.1, -0.05) is 42.3 Å². The molecule has 7 heteroatoms. The van der Waals surface area contributed by atoms with Crippen LogP contribution in [0.3, 0.4) is 0 Å². The first-order valence-electron chi connectivity index (χ1n) is 10.6. The van der Waals surface area contributed by atoms with E-state index < -0.39 is 12.1 Å². The Balaban J connectivity index is 1.43. The Morgan fingerprint density at radius 3 is 2.53 bits per heavy atom. The molecule has 1 aromatic carbocycles. The van der Waals surface area contributed by atoms with Crippen LogP contribution in [0.5, 0.6) is 0 Å². The number of benzene rings is 1. The maximum Gasteiger partial charge on any atom is 0.320 e. The van der Waals surface area contributed by atoms with E-state index in [1.54, 1.807) is 18.2 Å². The average Bonchev–Trinajstić information content (AvgIpc) is 3.38. The molecule has 0 aliphatic carbocycles. The van der Waals surface area contributed by atoms with Crippen molar-refractivity contribution >= 4 is 17.7 Å². The van der Waals surface area contributed by atoms with E-state index in [1.807, 2.05) is 42.5 Å². The Bertz CT molecular complexity index is 1120. The fourth-order valence-corrected chi connectivity index (χ4v) is 3.72. The lowest BCUT2D eigenvalue weighted by atomic mass is 10.0. The van der Waals surface area contributed by atoms with Crippen molar-refractivity contribution in [3.63, 3.8) is 0 Å². The Kier molecular flexibility index (Phi) is 6.63. The number of aliphatic hydroxyl groups is 1. The third-order valence-corrected chi connectivity index (χ3v) is 5.40. The molecule has 1 aliphatic rings. The second kappa shape index (κ2) is 9.94. The van der Waals surface area contributed by atoms with Crippen LogP contribution in [-0.2, 0) is 0 Å². The molecule has 3 aromatic rings. The van der Waals surface area contributed by atoms with Crippen molar-refractivity contribution in [2.75, 3.05) is 29.9 Å². The molecule has 2 amide bonds. The van der Waals surface area contributed by atoms with Crippen LogP contribution >= 0.6 is 0 Å². The number of carbonyl (C=O) groups excluding carboxylic acids is 1. The molecule has 3 heterocycles. The molecule has 0 unspecified atom stereocenters. The summed E-state index contributed by atoms with van der Waals surface area (Å²) in [7, 11) is 0. The highest BCUT2D eigenvalue weighted by Crippen LogP contribution is 2.24. The first-order chi connectivity index (χ1) is 15.7. The van der Waals surface area contributed by atoms with Gasteiger partial charge in [0.25, 0.3) is 0 Å². The van der Waals surface area contributed by atoms with Crippen LogP contribution in [0.1, 0.15) is 30.1 Å². The number of anilines is 2. The summed E-state index contributed by atoms with van der Waals surface area (Å²) in [5.74, 6) is 3.77. The third kappa shape index (κ3) is 5.05. The van der Waals surface area contributed by atoms with E-state index in [9.17, 15) is 9.90 Å². The Labute approximate surface area is 187 Å². The Morgan fingerprint density at radius 1 is 1.06 bits per heavy atom. The van der Waals surface area contributed by atoms with E-state index in [2.05, 4.69) is 26.4 Å². The summed E-state index contributed by atoms with van der Waals surface area (Å²) in [6.45, 7) is 1.85. The molecule has 0 saturated carbocycles. The number of carbonyl (C=O) groups is 1. The lowest BCUT2D eigenvalue weighted by molar-refractivity contribution is 0.225. The monoisotopic (exact) mass is 427 g/mol. The molecule has 32 heavy (non-hydrogen) atoms. The highest BCUT2D eigenvalue weighted by molar-refractivity contribution is 5.88. The minimum absolute atomic E-state index is 0.243. The topological polar surface area (TPSA) is 90.4 Å². The smallest absolute Gasteiger partial charge is 0.320 e. The predicted octanol–water partition coefficient (Wildman–Crippen LogP) is 3.58. The summed E-state index contributed by atoms with van der Waals surface area (Å²) < 4.78 is 0. The van der Waals surface area contributed by atoms with Crippen molar-refractivity contribution in [2.24, 2.45) is 0 Å². The first-order valence-corrected chi connectivity index (χ1v) is 10.6. The number of rotatable bonds is 6. The zero-order valence-corrected chi connectivity index (χ0v) is 17.7. The fourth-order valence-electron chi connectivity index (χ4n) is 3.72. The van der Waals surface area contributed by atoms with Crippen LogP contribution in [-0.4, -0.2) is 40.8 Å². The van der Waals surface area contributed by atoms with E-state index >= 15 is 0 Å². The maximum atomic E-state index is 12.4. The van der Waals surface area contributed by atoms with Crippen molar-refractivity contribution in [2.45, 2.75) is 18.9 Å². The number of aliphatic hydroxyl groups excluding tert-OH is 1. The zero-order valence-electron chi connectivity index (χ0n) is 17.7. The van der Waals surface area contributed by atoms with Gasteiger partial charge in [-0.2, -0.15) is 0 Å². The largest absolute Gasteiger partial charge is 0.394 e. The molecule has 0 radical (unpaired) electrons. The maximum absolute atomic E-state index is 12.4. The van der Waals surface area contributed by atoms with E-state index in [4.69, 9.17) is 11.4 Å². The average molecular weight is 428 g/mol. The van der Waals surface area contributed by atoms with Gasteiger partial charge in [0, 0.05) is 18.7 Å². The summed E-state index contributed by atoms with van der Waals surface area (Å²) in [6, 6.07) is 17.7. The van der Waals surface area contributed by atoms with Crippen molar-refractivity contribution in [3.8, 4) is 23.6 Å². The van der Waals surface area contributed by atoms with Crippen molar-refractivity contribution in [1.29, 1.82) is 0 Å². The zero-order chi connectivity index (χ0) is 22.3. The highest BCUT2D eigenvalue weighted by Gasteiger charge is 2.16. The SMILES string of the molecule is C#Cc1cccc(NC(=O)N[C@@H](CO)c2ccc(-c3cccc(N4CCCC4)n3)cc2)n1. The molecule has 4 rings (SSSR count). The fraction of sp³-hybridized carbons (Fsp3) is 0.240. The Morgan fingerprint density at radius 2 is 1.81 bits per heavy atom. The molecule has 3 N–H and O–H groups in total. The van der Waals surface area contributed by atoms with Crippen LogP contribution < -0.4 is 15.5 Å². The lowest BCUT2D eigenvalue weighted by Crippen LogP contribution is -2.34. The molecule has 162 valence electrons. The molecule has 1 saturated heterocycles. The Hall–Kier alpha value is -3.89. The summed E-state index contributed by atoms with van der Waals surface area (Å²) in [5, 5.41) is 15.2. The second-order valence-corrected chi connectivity index (χ2v) is 7.58. The number of nitrogens with zero attached hydrogens (tertiary/aromatic N) is 3. The van der Waals surface area contributed by atoms with Crippen LogP contribution in [0.15, 0.2) is 60.7 Å². The van der Waals surface area contributed by atoms with Gasteiger partial charge >= 0.3 is 6.03 Å². The van der Waals surface area contributed by atoms with Gasteiger partial charge in [-0.3, -0.25) is 5.32 Å². The summed E-state index contributed by atoms with van der Waals surface area (Å²) in [5.41, 5.74) is 3.09. The molecule has 1 fully saturated rings. The molecular weight excluding hydrogens is 402 g/mol. The van der Waals surface area contributed by atoms with Crippen LogP contribution in [0, 0.1) is 12.3 Å². The number of hydrogen-bond donors (Lipinski definition) is 3. The molecule has 2 aromatic heterocycles. The van der Waals surface area contributed by atoms with Gasteiger partial charge in [-0.15, -0.1) is 6.42 Å². The molecule has 1 aliphatic heterocycles. The first kappa shape index (κ1) is 21.3. The van der Waals surface area contributed by atoms with Crippen LogP contribution in [0.25, 0.3) is 11.3 Å². The van der Waals surface area contributed by atoms with Gasteiger partial charge in [-0.05, 0) is 42.7 Å². The number of terminal acetylenes is 1. The van der Waals surface area contributed by atoms with E-state index in [-0.39, 0.29) is 6.61 Å². The van der Waals surface area contributed by atoms with Gasteiger partial charge in [0.15, 0.2) is 0 Å². The number of hydrogen-bond acceptors (Lipinski definition) is 5. The van der Waals surface area contributed by atoms with Gasteiger partial charge in [0.05, 0.1) is 18.3 Å². The van der Waals surface area contributed by atoms with E-state index in [0.29, 0.717) is 11.5 Å². The number of nitrogens with one attached hydrogen (secondary N) is 2. The predicted molar refractivity (Wildman–Crippen MR) is 125 cm³/mol. The lowest BCUT2D eigenvalue weighted by Gasteiger charge is -2.18. The highest BCUT2D eigenvalue weighted by atomic mass is 16.3. The second-order valence-electron chi connectivity index (χ2n) is 7.58. The van der Waals surface area contributed by atoms with Crippen molar-refractivity contribution in [1.82, 2.24) is 15.3 Å². The van der Waals surface area contributed by atoms with E-state index in [1.165, 1.54) is 12.8 Å². The van der Waals surface area contributed by atoms with Gasteiger partial charge in [0.2, 0.25) is 0 Å². The van der Waals surface area contributed by atoms with Gasteiger partial charge < -0.3 is 15.3 Å². The molecule has 0 bridgehead atoms. The van der Waals surface area contributed by atoms with Gasteiger partial charge in [-0.25, -0.2) is 14.8 Å². The van der Waals surface area contributed by atoms with Crippen LogP contribution in [0.2, 0.25) is 0 Å². The summed E-state index contributed by atoms with van der Waals surface area (Å²) in [6.07, 6.45) is 7.75. The van der Waals surface area contributed by atoms with Crippen LogP contribution in [0.4, 0.5) is 16.4 Å². The number of urea groups is 1. The standard InChI is InChI=1S/C25H25N5O2/c1-2-20-7-5-9-23(26-20)29-25(32)28-22(17-31)19-13-11-18(12-14-19)21-8-6-10-24(27-21)30-15-3-4-16-30/h1,5-14,22,31H,3-4,15-17H2,(H2,26,28,29,32)/t22-/m0/s1. The third-order valence-electron chi connectivity index (χ3n) is 5.40. The molecular formula is C25H25N5O2. The number of aromatic nitrogens is 2. The molecule has 1 atom stereocenters. The molecule has 7 nitrogen and oxygen atoms in total. The normalized spacial score (nSPS) is 13.9. The summed E-state index contributed by atoms with van der Waals surface area (Å²) >= 11 is 0. The minimum atomic E-state index is -0.566. The number of amides is 2. The van der Waals surface area contributed by atoms with Crippen molar-refractivity contribution in [3.05, 3.63) is 71.9 Å². The van der Waals surface area contributed by atoms with Gasteiger partial charge in [0.1, 0.15) is 17.3 Å². The van der Waals surface area contributed by atoms with E-state index in [0.717, 1.165) is 35.7 Å². The minimum Gasteiger partial charge on any atom is -0.394 e.